The van der Waals surface area contributed by atoms with Gasteiger partial charge in [0.05, 0.1) is 29.5 Å². The molecule has 0 fully saturated rings. The second kappa shape index (κ2) is 6.87. The number of benzene rings is 1. The molecule has 0 saturated carbocycles. The van der Waals surface area contributed by atoms with Crippen LogP contribution in [0.1, 0.15) is 40.9 Å². The normalized spacial score (nSPS) is 14.3. The van der Waals surface area contributed by atoms with E-state index in [9.17, 15) is 23.1 Å². The molecule has 1 aromatic heterocycles. The lowest BCUT2D eigenvalue weighted by atomic mass is 9.98. The number of nitrogens with one attached hydrogen (secondary N) is 1. The van der Waals surface area contributed by atoms with Crippen molar-refractivity contribution >= 4 is 5.91 Å². The minimum absolute atomic E-state index is 0.303. The quantitative estimate of drug-likeness (QED) is 0.883. The third kappa shape index (κ3) is 4.13. The average Bonchev–Trinajstić information content (AvgIpc) is 3.05. The number of halogens is 3. The van der Waals surface area contributed by atoms with E-state index in [0.717, 1.165) is 12.1 Å². The molecule has 0 unspecified atom stereocenters. The third-order valence-corrected chi connectivity index (χ3v) is 3.50. The average molecular weight is 327 g/mol. The summed E-state index contributed by atoms with van der Waals surface area (Å²) in [6, 6.07) is 5.08. The number of furan rings is 1. The summed E-state index contributed by atoms with van der Waals surface area (Å²) in [6.45, 7) is 1.76. The van der Waals surface area contributed by atoms with Crippen LogP contribution in [0.25, 0.3) is 0 Å². The van der Waals surface area contributed by atoms with Gasteiger partial charge in [-0.25, -0.2) is 0 Å². The molecule has 2 aromatic rings. The first kappa shape index (κ1) is 17.1. The van der Waals surface area contributed by atoms with Crippen LogP contribution in [0.15, 0.2) is 47.3 Å². The third-order valence-electron chi connectivity index (χ3n) is 3.50. The zero-order valence-corrected chi connectivity index (χ0v) is 12.3. The fourth-order valence-corrected chi connectivity index (χ4v) is 2.15. The van der Waals surface area contributed by atoms with E-state index in [1.165, 1.54) is 30.7 Å². The number of rotatable bonds is 5. The van der Waals surface area contributed by atoms with Gasteiger partial charge in [-0.1, -0.05) is 19.1 Å². The van der Waals surface area contributed by atoms with Crippen LogP contribution in [0.4, 0.5) is 13.2 Å². The summed E-state index contributed by atoms with van der Waals surface area (Å²) in [6.07, 6.45) is -2.51. The van der Waals surface area contributed by atoms with Gasteiger partial charge in [0.1, 0.15) is 6.26 Å². The molecule has 2 N–H and O–H groups in total. The molecule has 1 amide bonds. The lowest BCUT2D eigenvalue weighted by Gasteiger charge is -2.23. The number of amides is 1. The summed E-state index contributed by atoms with van der Waals surface area (Å²) in [5.41, 5.74) is -0.177. The maximum atomic E-state index is 12.5. The van der Waals surface area contributed by atoms with Gasteiger partial charge >= 0.3 is 6.18 Å². The fourth-order valence-electron chi connectivity index (χ4n) is 2.15. The summed E-state index contributed by atoms with van der Waals surface area (Å²) in [4.78, 5) is 12.0. The van der Waals surface area contributed by atoms with E-state index in [1.54, 1.807) is 6.92 Å². The Labute approximate surface area is 130 Å². The van der Waals surface area contributed by atoms with Crippen molar-refractivity contribution < 1.29 is 27.5 Å². The van der Waals surface area contributed by atoms with Crippen LogP contribution in [0.5, 0.6) is 0 Å². The molecule has 0 radical (unpaired) electrons. The standard InChI is InChI=1S/C16H16F3NO3/c1-2-13(20-15(22)11-7-8-23-9-11)14(21)10-3-5-12(6-4-10)16(17,18)19/h3-9,13-14,21H,2H2,1H3,(H,20,22)/t13-,14-/m1/s1. The topological polar surface area (TPSA) is 62.5 Å². The maximum absolute atomic E-state index is 12.5. The molecule has 1 heterocycles. The van der Waals surface area contributed by atoms with Gasteiger partial charge in [0.25, 0.3) is 5.91 Å². The molecule has 2 atom stereocenters. The minimum atomic E-state index is -4.43. The van der Waals surface area contributed by atoms with Crippen molar-refractivity contribution in [2.45, 2.75) is 31.7 Å². The van der Waals surface area contributed by atoms with E-state index >= 15 is 0 Å². The predicted molar refractivity (Wildman–Crippen MR) is 76.7 cm³/mol. The molecule has 0 bridgehead atoms. The van der Waals surface area contributed by atoms with E-state index in [-0.39, 0.29) is 0 Å². The maximum Gasteiger partial charge on any atom is 0.416 e. The van der Waals surface area contributed by atoms with Crippen molar-refractivity contribution in [3.8, 4) is 0 Å². The minimum Gasteiger partial charge on any atom is -0.472 e. The highest BCUT2D eigenvalue weighted by Gasteiger charge is 2.30. The first-order valence-electron chi connectivity index (χ1n) is 7.01. The Kier molecular flexibility index (Phi) is 5.10. The Morgan fingerprint density at radius 1 is 1.26 bits per heavy atom. The molecule has 0 aliphatic heterocycles. The van der Waals surface area contributed by atoms with Gasteiger partial charge in [0.2, 0.25) is 0 Å². The molecular weight excluding hydrogens is 311 g/mol. The highest BCUT2D eigenvalue weighted by molar-refractivity contribution is 5.94. The molecule has 124 valence electrons. The molecule has 7 heteroatoms. The molecule has 0 saturated heterocycles. The van der Waals surface area contributed by atoms with Crippen LogP contribution in [0.3, 0.4) is 0 Å². The Hall–Kier alpha value is -2.28. The van der Waals surface area contributed by atoms with E-state index in [1.807, 2.05) is 0 Å². The van der Waals surface area contributed by atoms with Crippen LogP contribution >= 0.6 is 0 Å². The second-order valence-electron chi connectivity index (χ2n) is 5.06. The molecule has 0 aliphatic carbocycles. The summed E-state index contributed by atoms with van der Waals surface area (Å²) >= 11 is 0. The van der Waals surface area contributed by atoms with Crippen molar-refractivity contribution in [3.63, 3.8) is 0 Å². The van der Waals surface area contributed by atoms with Crippen molar-refractivity contribution in [1.82, 2.24) is 5.32 Å². The summed E-state index contributed by atoms with van der Waals surface area (Å²) in [5, 5.41) is 12.9. The molecule has 1 aromatic carbocycles. The summed E-state index contributed by atoms with van der Waals surface area (Å²) in [7, 11) is 0. The zero-order chi connectivity index (χ0) is 17.0. The Morgan fingerprint density at radius 3 is 2.39 bits per heavy atom. The van der Waals surface area contributed by atoms with Crippen LogP contribution < -0.4 is 5.32 Å². The number of carbonyl (C=O) groups is 1. The number of aliphatic hydroxyl groups excluding tert-OH is 1. The lowest BCUT2D eigenvalue weighted by molar-refractivity contribution is -0.137. The van der Waals surface area contributed by atoms with Crippen LogP contribution in [-0.2, 0) is 6.18 Å². The van der Waals surface area contributed by atoms with E-state index in [4.69, 9.17) is 4.42 Å². The van der Waals surface area contributed by atoms with Crippen LogP contribution in [0, 0.1) is 0 Å². The first-order valence-corrected chi connectivity index (χ1v) is 7.01. The number of aliphatic hydroxyl groups is 1. The van der Waals surface area contributed by atoms with Gasteiger partial charge in [0.15, 0.2) is 0 Å². The van der Waals surface area contributed by atoms with E-state index in [0.29, 0.717) is 17.5 Å². The van der Waals surface area contributed by atoms with E-state index < -0.39 is 29.8 Å². The van der Waals surface area contributed by atoms with Crippen molar-refractivity contribution in [1.29, 1.82) is 0 Å². The van der Waals surface area contributed by atoms with Crippen molar-refractivity contribution in [2.75, 3.05) is 0 Å². The molecular formula is C16H16F3NO3. The Bertz CT molecular complexity index is 636. The van der Waals surface area contributed by atoms with Gasteiger partial charge in [-0.05, 0) is 30.2 Å². The van der Waals surface area contributed by atoms with E-state index in [2.05, 4.69) is 5.32 Å². The highest BCUT2D eigenvalue weighted by Crippen LogP contribution is 2.30. The number of carbonyl (C=O) groups excluding carboxylic acids is 1. The fraction of sp³-hybridized carbons (Fsp3) is 0.312. The molecule has 0 aliphatic rings. The van der Waals surface area contributed by atoms with Gasteiger partial charge in [-0.15, -0.1) is 0 Å². The molecule has 4 nitrogen and oxygen atoms in total. The zero-order valence-electron chi connectivity index (χ0n) is 12.3. The van der Waals surface area contributed by atoms with Crippen LogP contribution in [-0.4, -0.2) is 17.1 Å². The number of alkyl halides is 3. The van der Waals surface area contributed by atoms with Gasteiger partial charge < -0.3 is 14.8 Å². The van der Waals surface area contributed by atoms with Crippen molar-refractivity contribution in [2.24, 2.45) is 0 Å². The van der Waals surface area contributed by atoms with Crippen molar-refractivity contribution in [3.05, 3.63) is 59.5 Å². The van der Waals surface area contributed by atoms with Gasteiger partial charge in [-0.3, -0.25) is 4.79 Å². The number of hydrogen-bond acceptors (Lipinski definition) is 3. The predicted octanol–water partition coefficient (Wildman–Crippen LogP) is 3.54. The lowest BCUT2D eigenvalue weighted by Crippen LogP contribution is -2.38. The first-order chi connectivity index (χ1) is 10.8. The summed E-state index contributed by atoms with van der Waals surface area (Å²) < 4.78 is 42.4. The molecule has 0 spiro atoms. The second-order valence-corrected chi connectivity index (χ2v) is 5.06. The van der Waals surface area contributed by atoms with Gasteiger partial charge in [0, 0.05) is 0 Å². The largest absolute Gasteiger partial charge is 0.472 e. The summed E-state index contributed by atoms with van der Waals surface area (Å²) in [5.74, 6) is -0.420. The Balaban J connectivity index is 2.10. The molecule has 2 rings (SSSR count). The van der Waals surface area contributed by atoms with Gasteiger partial charge in [-0.2, -0.15) is 13.2 Å². The van der Waals surface area contributed by atoms with Crippen LogP contribution in [0.2, 0.25) is 0 Å². The number of hydrogen-bond donors (Lipinski definition) is 2. The Morgan fingerprint density at radius 2 is 1.91 bits per heavy atom. The SMILES string of the molecule is CC[C@@H](NC(=O)c1ccoc1)[C@H](O)c1ccc(C(F)(F)F)cc1. The smallest absolute Gasteiger partial charge is 0.416 e. The highest BCUT2D eigenvalue weighted by atomic mass is 19.4. The monoisotopic (exact) mass is 327 g/mol. The molecule has 23 heavy (non-hydrogen) atoms.